The van der Waals surface area contributed by atoms with Gasteiger partial charge < -0.3 is 5.11 Å². The minimum atomic E-state index is -1.13. The molecule has 1 aromatic carbocycles. The van der Waals surface area contributed by atoms with Crippen molar-refractivity contribution in [1.29, 1.82) is 0 Å². The van der Waals surface area contributed by atoms with Crippen molar-refractivity contribution in [2.45, 2.75) is 4.21 Å². The molecule has 0 spiro atoms. The van der Waals surface area contributed by atoms with Gasteiger partial charge in [0.25, 0.3) is 5.91 Å². The van der Waals surface area contributed by atoms with Gasteiger partial charge in [0.2, 0.25) is 0 Å². The lowest BCUT2D eigenvalue weighted by Gasteiger charge is -2.05. The molecule has 20 heavy (non-hydrogen) atoms. The average Bonchev–Trinajstić information content (AvgIpc) is 2.76. The number of nitrogens with zero attached hydrogens (tertiary/aromatic N) is 1. The van der Waals surface area contributed by atoms with Crippen LogP contribution < -0.4 is 5.32 Å². The summed E-state index contributed by atoms with van der Waals surface area (Å²) >= 11 is 10.5. The molecule has 9 heteroatoms. The van der Waals surface area contributed by atoms with Gasteiger partial charge in [0.1, 0.15) is 5.69 Å². The van der Waals surface area contributed by atoms with Crippen LogP contribution in [0.1, 0.15) is 20.8 Å². The molecule has 104 valence electrons. The van der Waals surface area contributed by atoms with Crippen LogP contribution in [-0.2, 0) is 0 Å². The summed E-state index contributed by atoms with van der Waals surface area (Å²) in [6.07, 6.45) is 0.489. The average molecular weight is 333 g/mol. The van der Waals surface area contributed by atoms with Crippen LogP contribution in [0.2, 0.25) is 5.02 Å². The van der Waals surface area contributed by atoms with E-state index < -0.39 is 23.0 Å². The first kappa shape index (κ1) is 14.8. The van der Waals surface area contributed by atoms with Gasteiger partial charge in [0.15, 0.2) is 23.0 Å². The molecule has 0 unspecified atom stereocenters. The predicted octanol–water partition coefficient (Wildman–Crippen LogP) is 2.99. The first-order valence-corrected chi connectivity index (χ1v) is 6.71. The Balaban J connectivity index is 2.28. The van der Waals surface area contributed by atoms with Gasteiger partial charge in [0, 0.05) is 0 Å². The van der Waals surface area contributed by atoms with Crippen molar-refractivity contribution in [2.24, 2.45) is 0 Å². The number of rotatable bonds is 3. The normalized spacial score (nSPS) is 10.3. The van der Waals surface area contributed by atoms with E-state index in [0.717, 1.165) is 17.4 Å². The third kappa shape index (κ3) is 2.77. The third-order valence-electron chi connectivity index (χ3n) is 2.28. The molecule has 0 bridgehead atoms. The van der Waals surface area contributed by atoms with Gasteiger partial charge in [-0.2, -0.15) is 0 Å². The predicted molar refractivity (Wildman–Crippen MR) is 75.8 cm³/mol. The van der Waals surface area contributed by atoms with Gasteiger partial charge in [-0.15, -0.1) is 12.6 Å². The number of hydrogen-bond acceptors (Lipinski definition) is 6. The van der Waals surface area contributed by atoms with E-state index in [1.54, 1.807) is 0 Å². The van der Waals surface area contributed by atoms with E-state index in [-0.39, 0.29) is 15.8 Å². The Hall–Kier alpha value is -1.64. The SMILES string of the molecule is O=Cc1nc(NC(=O)c2ccc(Cl)c(O)c2F)sc1S. The number of thiol groups is 1. The number of carbonyl (C=O) groups excluding carboxylic acids is 2. The van der Waals surface area contributed by atoms with E-state index >= 15 is 0 Å². The molecule has 1 aromatic heterocycles. The molecule has 5 nitrogen and oxygen atoms in total. The number of phenols is 1. The van der Waals surface area contributed by atoms with Gasteiger partial charge in [-0.3, -0.25) is 14.9 Å². The molecule has 1 heterocycles. The highest BCUT2D eigenvalue weighted by Crippen LogP contribution is 2.30. The molecule has 0 aliphatic carbocycles. The van der Waals surface area contributed by atoms with Crippen molar-refractivity contribution in [2.75, 3.05) is 5.32 Å². The molecular weight excluding hydrogens is 327 g/mol. The highest BCUT2D eigenvalue weighted by Gasteiger charge is 2.19. The molecular formula is C11H6ClFN2O3S2. The van der Waals surface area contributed by atoms with E-state index in [1.807, 2.05) is 0 Å². The van der Waals surface area contributed by atoms with Crippen LogP contribution >= 0.6 is 35.6 Å². The number of halogens is 2. The number of amides is 1. The zero-order valence-corrected chi connectivity index (χ0v) is 12.0. The Labute approximate surface area is 126 Å². The number of aromatic hydroxyl groups is 1. The fourth-order valence-corrected chi connectivity index (χ4v) is 2.51. The lowest BCUT2D eigenvalue weighted by molar-refractivity contribution is 0.102. The molecule has 2 rings (SSSR count). The summed E-state index contributed by atoms with van der Waals surface area (Å²) in [5.74, 6) is -2.76. The maximum absolute atomic E-state index is 13.7. The number of hydrogen-bond donors (Lipinski definition) is 3. The highest BCUT2D eigenvalue weighted by molar-refractivity contribution is 7.83. The Bertz CT molecular complexity index is 705. The van der Waals surface area contributed by atoms with Crippen LogP contribution in [0.3, 0.4) is 0 Å². The van der Waals surface area contributed by atoms with Crippen LogP contribution in [0.4, 0.5) is 9.52 Å². The molecule has 0 radical (unpaired) electrons. The van der Waals surface area contributed by atoms with Gasteiger partial charge in [-0.1, -0.05) is 22.9 Å². The van der Waals surface area contributed by atoms with Gasteiger partial charge >= 0.3 is 0 Å². The number of benzene rings is 1. The van der Waals surface area contributed by atoms with Crippen molar-refractivity contribution in [3.8, 4) is 5.75 Å². The number of anilines is 1. The standard InChI is InChI=1S/C11H6ClFN2O3S2/c12-5-2-1-4(7(13)8(5)17)9(18)15-11-14-6(3-16)10(19)20-11/h1-3,17,19H,(H,14,15,18). The zero-order valence-electron chi connectivity index (χ0n) is 9.55. The fourth-order valence-electron chi connectivity index (χ4n) is 1.33. The van der Waals surface area contributed by atoms with Crippen molar-refractivity contribution >= 4 is 52.9 Å². The van der Waals surface area contributed by atoms with Crippen LogP contribution in [0, 0.1) is 5.82 Å². The van der Waals surface area contributed by atoms with E-state index in [1.165, 1.54) is 6.07 Å². The summed E-state index contributed by atoms with van der Waals surface area (Å²) in [4.78, 5) is 26.3. The molecule has 0 aliphatic heterocycles. The van der Waals surface area contributed by atoms with E-state index in [2.05, 4.69) is 22.9 Å². The molecule has 0 atom stereocenters. The number of aromatic nitrogens is 1. The maximum Gasteiger partial charge on any atom is 0.260 e. The fraction of sp³-hybridized carbons (Fsp3) is 0. The second kappa shape index (κ2) is 5.78. The highest BCUT2D eigenvalue weighted by atomic mass is 35.5. The minimum absolute atomic E-state index is 0.0769. The molecule has 2 N–H and O–H groups in total. The third-order valence-corrected chi connectivity index (χ3v) is 3.88. The number of carbonyl (C=O) groups is 2. The molecule has 0 saturated heterocycles. The van der Waals surface area contributed by atoms with E-state index in [4.69, 9.17) is 11.6 Å². The topological polar surface area (TPSA) is 79.3 Å². The molecule has 2 aromatic rings. The number of aldehydes is 1. The van der Waals surface area contributed by atoms with Gasteiger partial charge in [-0.25, -0.2) is 9.37 Å². The first-order valence-electron chi connectivity index (χ1n) is 5.07. The number of thiazole rings is 1. The second-order valence-electron chi connectivity index (χ2n) is 3.54. The Kier molecular flexibility index (Phi) is 4.26. The summed E-state index contributed by atoms with van der Waals surface area (Å²) in [7, 11) is 0. The zero-order chi connectivity index (χ0) is 14.9. The molecule has 0 saturated carbocycles. The van der Waals surface area contributed by atoms with Crippen LogP contribution in [-0.4, -0.2) is 22.3 Å². The first-order chi connectivity index (χ1) is 9.43. The summed E-state index contributed by atoms with van der Waals surface area (Å²) in [5, 5.41) is 11.5. The Morgan fingerprint density at radius 2 is 2.25 bits per heavy atom. The van der Waals surface area contributed by atoms with Crippen molar-refractivity contribution in [3.63, 3.8) is 0 Å². The molecule has 1 amide bonds. The van der Waals surface area contributed by atoms with Crippen LogP contribution in [0.25, 0.3) is 0 Å². The molecule has 0 aliphatic rings. The smallest absolute Gasteiger partial charge is 0.260 e. The summed E-state index contributed by atoms with van der Waals surface area (Å²) in [5.41, 5.74) is -0.316. The van der Waals surface area contributed by atoms with Crippen molar-refractivity contribution in [1.82, 2.24) is 4.98 Å². The van der Waals surface area contributed by atoms with Crippen molar-refractivity contribution < 1.29 is 19.1 Å². The largest absolute Gasteiger partial charge is 0.504 e. The summed E-state index contributed by atoms with van der Waals surface area (Å²) < 4.78 is 14.0. The van der Waals surface area contributed by atoms with Crippen LogP contribution in [0.15, 0.2) is 16.3 Å². The van der Waals surface area contributed by atoms with Crippen molar-refractivity contribution in [3.05, 3.63) is 34.2 Å². The lowest BCUT2D eigenvalue weighted by atomic mass is 10.2. The Morgan fingerprint density at radius 3 is 2.85 bits per heavy atom. The lowest BCUT2D eigenvalue weighted by Crippen LogP contribution is -2.13. The van der Waals surface area contributed by atoms with Crippen LogP contribution in [0.5, 0.6) is 5.75 Å². The van der Waals surface area contributed by atoms with Gasteiger partial charge in [-0.05, 0) is 12.1 Å². The quantitative estimate of drug-likeness (QED) is 0.596. The van der Waals surface area contributed by atoms with E-state index in [9.17, 15) is 19.1 Å². The summed E-state index contributed by atoms with van der Waals surface area (Å²) in [6, 6.07) is 2.32. The number of nitrogens with one attached hydrogen (secondary N) is 1. The van der Waals surface area contributed by atoms with E-state index in [0.29, 0.717) is 10.5 Å². The molecule has 0 fully saturated rings. The maximum atomic E-state index is 13.7. The second-order valence-corrected chi connectivity index (χ2v) is 5.69. The summed E-state index contributed by atoms with van der Waals surface area (Å²) in [6.45, 7) is 0. The number of phenolic OH excluding ortho intramolecular Hbond substituents is 1. The monoisotopic (exact) mass is 332 g/mol. The minimum Gasteiger partial charge on any atom is -0.504 e. The Morgan fingerprint density at radius 1 is 1.55 bits per heavy atom. The van der Waals surface area contributed by atoms with Gasteiger partial charge in [0.05, 0.1) is 14.8 Å².